The Morgan fingerprint density at radius 3 is 2.14 bits per heavy atom. The molecule has 108 valence electrons. The van der Waals surface area contributed by atoms with Crippen molar-refractivity contribution in [3.63, 3.8) is 0 Å². The highest BCUT2D eigenvalue weighted by molar-refractivity contribution is 5.72. The van der Waals surface area contributed by atoms with Crippen molar-refractivity contribution in [1.29, 1.82) is 5.26 Å². The number of hydrogen-bond donors (Lipinski definition) is 1. The van der Waals surface area contributed by atoms with Crippen molar-refractivity contribution in [2.45, 2.75) is 0 Å². The molecule has 0 bridgehead atoms. The molecule has 0 spiro atoms. The molecule has 0 saturated heterocycles. The first-order valence-corrected chi connectivity index (χ1v) is 6.08. The first-order valence-electron chi connectivity index (χ1n) is 6.08. The van der Waals surface area contributed by atoms with Crippen LogP contribution in [-0.4, -0.2) is 26.3 Å². The molecule has 0 amide bonds. The second-order valence-electron chi connectivity index (χ2n) is 4.14. The molecule has 0 atom stereocenters. The van der Waals surface area contributed by atoms with Crippen molar-refractivity contribution in [3.8, 4) is 34.6 Å². The third-order valence-corrected chi connectivity index (χ3v) is 2.99. The van der Waals surface area contributed by atoms with Gasteiger partial charge in [0.2, 0.25) is 11.3 Å². The average molecular weight is 286 g/mol. The molecule has 1 heterocycles. The van der Waals surface area contributed by atoms with Gasteiger partial charge in [0.15, 0.2) is 11.5 Å². The quantitative estimate of drug-likeness (QED) is 0.928. The molecule has 0 aliphatic rings. The lowest BCUT2D eigenvalue weighted by Crippen LogP contribution is -2.06. The van der Waals surface area contributed by atoms with Crippen molar-refractivity contribution in [2.75, 3.05) is 21.3 Å². The maximum atomic E-state index is 11.5. The fraction of sp³-hybridized carbons (Fsp3) is 0.200. The Labute approximate surface area is 121 Å². The van der Waals surface area contributed by atoms with E-state index in [0.717, 1.165) is 0 Å². The number of ether oxygens (including phenoxy) is 3. The Balaban J connectivity index is 2.73. The van der Waals surface area contributed by atoms with Crippen LogP contribution >= 0.6 is 0 Å². The van der Waals surface area contributed by atoms with Crippen LogP contribution < -0.4 is 19.8 Å². The van der Waals surface area contributed by atoms with E-state index in [-0.39, 0.29) is 5.56 Å². The van der Waals surface area contributed by atoms with Crippen molar-refractivity contribution >= 4 is 0 Å². The zero-order chi connectivity index (χ0) is 15.4. The molecule has 2 aromatic rings. The molecule has 0 fully saturated rings. The summed E-state index contributed by atoms with van der Waals surface area (Å²) in [5.41, 5.74) is 1.06. The van der Waals surface area contributed by atoms with Crippen molar-refractivity contribution in [2.24, 2.45) is 0 Å². The molecule has 0 unspecified atom stereocenters. The Hall–Kier alpha value is -2.94. The number of aromatic amines is 1. The number of nitrogens with one attached hydrogen (secondary N) is 1. The van der Waals surface area contributed by atoms with Gasteiger partial charge in [-0.3, -0.25) is 4.79 Å². The number of benzene rings is 1. The van der Waals surface area contributed by atoms with Crippen molar-refractivity contribution < 1.29 is 14.2 Å². The molecular formula is C15H14N2O4. The Morgan fingerprint density at radius 1 is 1.05 bits per heavy atom. The summed E-state index contributed by atoms with van der Waals surface area (Å²) in [7, 11) is 4.51. The molecule has 6 heteroatoms. The Morgan fingerprint density at radius 2 is 1.67 bits per heavy atom. The molecule has 0 aliphatic heterocycles. The number of aromatic nitrogens is 1. The van der Waals surface area contributed by atoms with Crippen LogP contribution in [0.4, 0.5) is 0 Å². The molecule has 0 radical (unpaired) electrons. The molecule has 1 aromatic carbocycles. The van der Waals surface area contributed by atoms with Gasteiger partial charge in [-0.15, -0.1) is 0 Å². The van der Waals surface area contributed by atoms with E-state index >= 15 is 0 Å². The van der Waals surface area contributed by atoms with E-state index in [2.05, 4.69) is 4.98 Å². The molecule has 6 nitrogen and oxygen atoms in total. The number of nitrogens with zero attached hydrogens (tertiary/aromatic N) is 1. The Kier molecular flexibility index (Phi) is 4.14. The second kappa shape index (κ2) is 6.01. The minimum atomic E-state index is -0.294. The summed E-state index contributed by atoms with van der Waals surface area (Å²) in [6.07, 6.45) is 0. The van der Waals surface area contributed by atoms with Gasteiger partial charge in [0.1, 0.15) is 6.07 Å². The molecule has 1 aromatic heterocycles. The predicted octanol–water partition coefficient (Wildman–Crippen LogP) is 1.94. The molecular weight excluding hydrogens is 272 g/mol. The van der Waals surface area contributed by atoms with Crippen LogP contribution in [-0.2, 0) is 0 Å². The molecule has 0 aliphatic carbocycles. The van der Waals surface area contributed by atoms with E-state index in [1.807, 2.05) is 6.07 Å². The minimum Gasteiger partial charge on any atom is -0.493 e. The third kappa shape index (κ3) is 2.67. The van der Waals surface area contributed by atoms with Gasteiger partial charge >= 0.3 is 0 Å². The van der Waals surface area contributed by atoms with Gasteiger partial charge in [-0.05, 0) is 18.2 Å². The maximum absolute atomic E-state index is 11.5. The van der Waals surface area contributed by atoms with Gasteiger partial charge in [0, 0.05) is 11.6 Å². The summed E-state index contributed by atoms with van der Waals surface area (Å²) in [6.45, 7) is 0. The summed E-state index contributed by atoms with van der Waals surface area (Å²) in [6, 6.07) is 8.17. The zero-order valence-corrected chi connectivity index (χ0v) is 11.9. The van der Waals surface area contributed by atoms with Crippen LogP contribution in [0.3, 0.4) is 0 Å². The summed E-state index contributed by atoms with van der Waals surface area (Å²) in [5, 5.41) is 9.17. The number of nitriles is 1. The number of methoxy groups -OCH3 is 3. The normalized spacial score (nSPS) is 9.81. The first kappa shape index (κ1) is 14.5. The van der Waals surface area contributed by atoms with Crippen LogP contribution in [0, 0.1) is 11.3 Å². The van der Waals surface area contributed by atoms with Crippen LogP contribution in [0.25, 0.3) is 11.3 Å². The summed E-state index contributed by atoms with van der Waals surface area (Å²) >= 11 is 0. The SMILES string of the molecule is COc1cc(-c2[nH]c(=O)ccc2C#N)cc(OC)c1OC. The van der Waals surface area contributed by atoms with Gasteiger partial charge < -0.3 is 19.2 Å². The molecule has 0 saturated carbocycles. The summed E-state index contributed by atoms with van der Waals surface area (Å²) in [4.78, 5) is 14.2. The molecule has 21 heavy (non-hydrogen) atoms. The lowest BCUT2D eigenvalue weighted by molar-refractivity contribution is 0.324. The number of H-pyrrole nitrogens is 1. The Bertz CT molecular complexity index is 734. The maximum Gasteiger partial charge on any atom is 0.248 e. The second-order valence-corrected chi connectivity index (χ2v) is 4.14. The zero-order valence-electron chi connectivity index (χ0n) is 11.9. The summed E-state index contributed by atoms with van der Waals surface area (Å²) < 4.78 is 15.8. The highest BCUT2D eigenvalue weighted by Crippen LogP contribution is 2.41. The van der Waals surface area contributed by atoms with Crippen molar-refractivity contribution in [1.82, 2.24) is 4.98 Å². The van der Waals surface area contributed by atoms with E-state index in [9.17, 15) is 4.79 Å². The van der Waals surface area contributed by atoms with Crippen molar-refractivity contribution in [3.05, 3.63) is 40.2 Å². The highest BCUT2D eigenvalue weighted by atomic mass is 16.5. The van der Waals surface area contributed by atoms with Gasteiger partial charge in [-0.25, -0.2) is 0 Å². The first-order chi connectivity index (χ1) is 10.1. The topological polar surface area (TPSA) is 84.3 Å². The van der Waals surface area contributed by atoms with Gasteiger partial charge in [0.05, 0.1) is 32.6 Å². The van der Waals surface area contributed by atoms with Gasteiger partial charge in [-0.1, -0.05) is 0 Å². The third-order valence-electron chi connectivity index (χ3n) is 2.99. The lowest BCUT2D eigenvalue weighted by Gasteiger charge is -2.14. The number of hydrogen-bond acceptors (Lipinski definition) is 5. The van der Waals surface area contributed by atoms with E-state index in [4.69, 9.17) is 19.5 Å². The minimum absolute atomic E-state index is 0.294. The van der Waals surface area contributed by atoms with E-state index in [1.54, 1.807) is 12.1 Å². The molecule has 2 rings (SSSR count). The monoisotopic (exact) mass is 286 g/mol. The smallest absolute Gasteiger partial charge is 0.248 e. The summed E-state index contributed by atoms with van der Waals surface area (Å²) in [5.74, 6) is 1.33. The number of rotatable bonds is 4. The fourth-order valence-corrected chi connectivity index (χ4v) is 2.02. The fourth-order valence-electron chi connectivity index (χ4n) is 2.02. The largest absolute Gasteiger partial charge is 0.493 e. The average Bonchev–Trinajstić information content (AvgIpc) is 2.53. The van der Waals surface area contributed by atoms with Crippen LogP contribution in [0.2, 0.25) is 0 Å². The number of pyridine rings is 1. The van der Waals surface area contributed by atoms with E-state index < -0.39 is 0 Å². The van der Waals surface area contributed by atoms with E-state index in [0.29, 0.717) is 34.1 Å². The lowest BCUT2D eigenvalue weighted by atomic mass is 10.1. The van der Waals surface area contributed by atoms with Crippen LogP contribution in [0.15, 0.2) is 29.1 Å². The van der Waals surface area contributed by atoms with E-state index in [1.165, 1.54) is 33.5 Å². The van der Waals surface area contributed by atoms with Gasteiger partial charge in [-0.2, -0.15) is 5.26 Å². The standard InChI is InChI=1S/C15H14N2O4/c1-19-11-6-10(7-12(20-2)15(11)21-3)14-9(8-16)4-5-13(18)17-14/h4-7H,1-3H3,(H,17,18). The van der Waals surface area contributed by atoms with Crippen LogP contribution in [0.5, 0.6) is 17.2 Å². The molecule has 1 N–H and O–H groups in total. The predicted molar refractivity (Wildman–Crippen MR) is 76.9 cm³/mol. The highest BCUT2D eigenvalue weighted by Gasteiger charge is 2.16. The van der Waals surface area contributed by atoms with Gasteiger partial charge in [0.25, 0.3) is 0 Å². The van der Waals surface area contributed by atoms with Crippen LogP contribution in [0.1, 0.15) is 5.56 Å².